The zero-order valence-corrected chi connectivity index (χ0v) is 8.87. The summed E-state index contributed by atoms with van der Waals surface area (Å²) in [6.07, 6.45) is 0. The monoisotopic (exact) mass is 323 g/mol. The Hall–Kier alpha value is -0.0500. The van der Waals surface area contributed by atoms with Crippen molar-refractivity contribution in [2.45, 2.75) is 10.5 Å². The number of halogens is 5. The van der Waals surface area contributed by atoms with E-state index in [9.17, 15) is 17.6 Å². The molecule has 1 aromatic heterocycles. The van der Waals surface area contributed by atoms with E-state index in [1.54, 1.807) is 22.6 Å². The highest BCUT2D eigenvalue weighted by atomic mass is 127. The minimum absolute atomic E-state index is 0.378. The lowest BCUT2D eigenvalue weighted by Crippen LogP contribution is -2.01. The van der Waals surface area contributed by atoms with Gasteiger partial charge in [0.05, 0.1) is 0 Å². The molecule has 0 radical (unpaired) electrons. The highest BCUT2D eigenvalue weighted by molar-refractivity contribution is 14.1. The smallest absolute Gasteiger partial charge is 0.213 e. The van der Waals surface area contributed by atoms with Gasteiger partial charge in [0, 0.05) is 21.4 Å². The highest BCUT2D eigenvalue weighted by Gasteiger charge is 2.30. The summed E-state index contributed by atoms with van der Waals surface area (Å²) in [5.74, 6) is -0.904. The quantitative estimate of drug-likeness (QED) is 0.340. The molecule has 0 unspecified atom stereocenters. The Morgan fingerprint density at radius 3 is 2.38 bits per heavy atom. The van der Waals surface area contributed by atoms with Crippen molar-refractivity contribution in [3.8, 4) is 0 Å². The van der Waals surface area contributed by atoms with Crippen LogP contribution in [0.5, 0.6) is 0 Å². The number of thioether (sulfide) groups is 1. The van der Waals surface area contributed by atoms with E-state index in [1.807, 2.05) is 0 Å². The molecule has 0 aromatic carbocycles. The van der Waals surface area contributed by atoms with Crippen molar-refractivity contribution in [2.24, 2.45) is 0 Å². The summed E-state index contributed by atoms with van der Waals surface area (Å²) in [6.45, 7) is 0. The molecule has 0 N–H and O–H groups in total. The fraction of sp³-hybridized carbons (Fsp3) is 0.167. The van der Waals surface area contributed by atoms with Crippen molar-refractivity contribution >= 4 is 34.4 Å². The van der Waals surface area contributed by atoms with Crippen LogP contribution in [0.2, 0.25) is 0 Å². The second kappa shape index (κ2) is 3.99. The predicted molar refractivity (Wildman–Crippen MR) is 48.8 cm³/mol. The summed E-state index contributed by atoms with van der Waals surface area (Å²) in [5, 5.41) is -0.378. The van der Waals surface area contributed by atoms with Crippen LogP contribution in [-0.4, -0.2) is 10.5 Å². The van der Waals surface area contributed by atoms with Gasteiger partial charge in [-0.05, 0) is 28.7 Å². The number of hydrogen-bond acceptors (Lipinski definition) is 2. The summed E-state index contributed by atoms with van der Waals surface area (Å²) in [5.41, 5.74) is -4.43. The molecule has 13 heavy (non-hydrogen) atoms. The second-order valence-electron chi connectivity index (χ2n) is 1.99. The van der Waals surface area contributed by atoms with Gasteiger partial charge in [0.15, 0.2) is 0 Å². The molecule has 1 aromatic rings. The molecule has 1 nitrogen and oxygen atoms in total. The molecule has 1 heterocycles. The maximum Gasteiger partial charge on any atom is 0.447 e. The van der Waals surface area contributed by atoms with E-state index in [2.05, 4.69) is 4.98 Å². The van der Waals surface area contributed by atoms with E-state index in [4.69, 9.17) is 0 Å². The topological polar surface area (TPSA) is 12.9 Å². The maximum absolute atomic E-state index is 12.5. The van der Waals surface area contributed by atoms with Crippen LogP contribution in [-0.2, 0) is 0 Å². The van der Waals surface area contributed by atoms with Crippen LogP contribution in [0.3, 0.4) is 0 Å². The standard InChI is InChI=1S/C6H2F4INS/c7-4-1-3(11)2-5(12-4)13-6(8,9)10/h1-2H. The Morgan fingerprint density at radius 2 is 1.92 bits per heavy atom. The van der Waals surface area contributed by atoms with Gasteiger partial charge in [-0.2, -0.15) is 17.6 Å². The zero-order valence-electron chi connectivity index (χ0n) is 5.90. The molecule has 0 aliphatic carbocycles. The number of alkyl halides is 3. The minimum atomic E-state index is -4.43. The average molecular weight is 323 g/mol. The van der Waals surface area contributed by atoms with E-state index >= 15 is 0 Å². The van der Waals surface area contributed by atoms with Gasteiger partial charge in [-0.25, -0.2) is 4.98 Å². The Bertz CT molecular complexity index is 294. The fourth-order valence-corrected chi connectivity index (χ4v) is 1.93. The molecule has 0 saturated heterocycles. The van der Waals surface area contributed by atoms with Crippen molar-refractivity contribution < 1.29 is 17.6 Å². The van der Waals surface area contributed by atoms with Crippen molar-refractivity contribution in [1.82, 2.24) is 4.98 Å². The molecule has 0 fully saturated rings. The predicted octanol–water partition coefficient (Wildman–Crippen LogP) is 3.44. The molecular weight excluding hydrogens is 321 g/mol. The molecule has 0 bridgehead atoms. The van der Waals surface area contributed by atoms with Crippen LogP contribution in [0.15, 0.2) is 17.2 Å². The third-order valence-corrected chi connectivity index (χ3v) is 2.23. The third kappa shape index (κ3) is 4.12. The van der Waals surface area contributed by atoms with Crippen LogP contribution >= 0.6 is 34.4 Å². The molecule has 0 atom stereocenters. The summed E-state index contributed by atoms with van der Waals surface area (Å²) in [4.78, 5) is 3.09. The SMILES string of the molecule is Fc1cc(I)cc(SC(F)(F)F)n1. The van der Waals surface area contributed by atoms with Crippen LogP contribution in [0.4, 0.5) is 17.6 Å². The van der Waals surface area contributed by atoms with Crippen molar-refractivity contribution in [2.75, 3.05) is 0 Å². The lowest BCUT2D eigenvalue weighted by atomic mass is 10.5. The van der Waals surface area contributed by atoms with E-state index in [-0.39, 0.29) is 5.03 Å². The molecule has 1 rings (SSSR count). The Balaban J connectivity index is 2.90. The highest BCUT2D eigenvalue weighted by Crippen LogP contribution is 2.36. The van der Waals surface area contributed by atoms with Crippen LogP contribution in [0.25, 0.3) is 0 Å². The first-order valence-corrected chi connectivity index (χ1v) is 4.85. The van der Waals surface area contributed by atoms with Gasteiger partial charge in [-0.15, -0.1) is 0 Å². The van der Waals surface area contributed by atoms with Crippen LogP contribution in [0.1, 0.15) is 0 Å². The second-order valence-corrected chi connectivity index (χ2v) is 4.33. The molecule has 0 aliphatic rings. The van der Waals surface area contributed by atoms with E-state index in [1.165, 1.54) is 6.07 Å². The first kappa shape index (κ1) is 11.0. The lowest BCUT2D eigenvalue weighted by molar-refractivity contribution is -0.0329. The Labute approximate surface area is 89.1 Å². The fourth-order valence-electron chi connectivity index (χ4n) is 0.614. The summed E-state index contributed by atoms with van der Waals surface area (Å²) >= 11 is 1.30. The molecule has 7 heteroatoms. The number of rotatable bonds is 1. The molecule has 0 saturated carbocycles. The largest absolute Gasteiger partial charge is 0.447 e. The van der Waals surface area contributed by atoms with Crippen LogP contribution in [0, 0.1) is 9.52 Å². The Morgan fingerprint density at radius 1 is 1.31 bits per heavy atom. The minimum Gasteiger partial charge on any atom is -0.213 e. The van der Waals surface area contributed by atoms with E-state index in [0.29, 0.717) is 3.57 Å². The maximum atomic E-state index is 12.5. The van der Waals surface area contributed by atoms with Gasteiger partial charge in [0.25, 0.3) is 0 Å². The van der Waals surface area contributed by atoms with Gasteiger partial charge >= 0.3 is 5.51 Å². The van der Waals surface area contributed by atoms with Crippen LogP contribution < -0.4 is 0 Å². The number of nitrogens with zero attached hydrogens (tertiary/aromatic N) is 1. The normalized spacial score (nSPS) is 11.8. The van der Waals surface area contributed by atoms with Gasteiger partial charge < -0.3 is 0 Å². The van der Waals surface area contributed by atoms with Gasteiger partial charge in [-0.3, -0.25) is 0 Å². The Kier molecular flexibility index (Phi) is 3.38. The van der Waals surface area contributed by atoms with Gasteiger partial charge in [0.1, 0.15) is 5.03 Å². The van der Waals surface area contributed by atoms with E-state index < -0.39 is 23.2 Å². The molecule has 0 spiro atoms. The molecule has 0 amide bonds. The van der Waals surface area contributed by atoms with Crippen molar-refractivity contribution in [1.29, 1.82) is 0 Å². The summed E-state index contributed by atoms with van der Waals surface area (Å²) < 4.78 is 48.3. The van der Waals surface area contributed by atoms with E-state index in [0.717, 1.165) is 6.07 Å². The molecule has 72 valence electrons. The number of pyridine rings is 1. The summed E-state index contributed by atoms with van der Waals surface area (Å²) in [7, 11) is 0. The van der Waals surface area contributed by atoms with Gasteiger partial charge in [-0.1, -0.05) is 0 Å². The summed E-state index contributed by atoms with van der Waals surface area (Å²) in [6, 6.07) is 2.22. The average Bonchev–Trinajstić information content (AvgIpc) is 1.78. The number of hydrogen-bond donors (Lipinski definition) is 0. The third-order valence-electron chi connectivity index (χ3n) is 0.956. The first-order valence-electron chi connectivity index (χ1n) is 2.96. The van der Waals surface area contributed by atoms with Crippen molar-refractivity contribution in [3.63, 3.8) is 0 Å². The lowest BCUT2D eigenvalue weighted by Gasteiger charge is -2.04. The molecular formula is C6H2F4INS. The zero-order chi connectivity index (χ0) is 10.1. The first-order chi connectivity index (χ1) is 5.87. The number of aromatic nitrogens is 1. The van der Waals surface area contributed by atoms with Gasteiger partial charge in [0.2, 0.25) is 5.95 Å². The molecule has 0 aliphatic heterocycles. The van der Waals surface area contributed by atoms with Crippen molar-refractivity contribution in [3.05, 3.63) is 21.7 Å².